The van der Waals surface area contributed by atoms with Crippen LogP contribution in [0.2, 0.25) is 0 Å². The Morgan fingerprint density at radius 1 is 1.16 bits per heavy atom. The van der Waals surface area contributed by atoms with Gasteiger partial charge in [-0.05, 0) is 12.1 Å². The van der Waals surface area contributed by atoms with Crippen LogP contribution < -0.4 is 0 Å². The van der Waals surface area contributed by atoms with Gasteiger partial charge in [0, 0.05) is 27.8 Å². The van der Waals surface area contributed by atoms with E-state index >= 15 is 0 Å². The first-order chi connectivity index (χ1) is 9.05. The summed E-state index contributed by atoms with van der Waals surface area (Å²) in [6.07, 6.45) is 1.68. The summed E-state index contributed by atoms with van der Waals surface area (Å²) in [6, 6.07) is 9.10. The Balaban J connectivity index is 2.23. The zero-order chi connectivity index (χ0) is 13.5. The number of hydrogen-bond donors (Lipinski definition) is 1. The number of rotatable bonds is 2. The Morgan fingerprint density at radius 3 is 2.74 bits per heavy atom. The molecule has 0 aliphatic heterocycles. The number of H-pyrrole nitrogens is 1. The van der Waals surface area contributed by atoms with Gasteiger partial charge in [0.05, 0.1) is 5.52 Å². The molecule has 0 spiro atoms. The molecule has 8 heteroatoms. The van der Waals surface area contributed by atoms with Crippen molar-refractivity contribution in [2.45, 2.75) is 5.16 Å². The summed E-state index contributed by atoms with van der Waals surface area (Å²) in [5.74, 6) is 0.262. The van der Waals surface area contributed by atoms with Crippen molar-refractivity contribution in [3.63, 3.8) is 0 Å². The van der Waals surface area contributed by atoms with Crippen molar-refractivity contribution in [1.29, 1.82) is 0 Å². The smallest absolute Gasteiger partial charge is 0.256 e. The van der Waals surface area contributed by atoms with Crippen LogP contribution in [0, 0.1) is 0 Å². The fourth-order valence-electron chi connectivity index (χ4n) is 1.77. The maximum absolute atomic E-state index is 11.2. The van der Waals surface area contributed by atoms with Crippen LogP contribution in [0.3, 0.4) is 0 Å². The standard InChI is InChI=1S/C11H7ClN4O2S/c12-19(17,18)11-14-10(15-16-11)8-3-1-5-9-7(8)4-2-6-13-9/h1-6H,(H,14,15,16). The molecule has 6 nitrogen and oxygen atoms in total. The van der Waals surface area contributed by atoms with Crippen LogP contribution >= 0.6 is 10.7 Å². The molecule has 96 valence electrons. The first-order valence-corrected chi connectivity index (χ1v) is 7.58. The Hall–Kier alpha value is -1.99. The minimum Gasteiger partial charge on any atom is -0.256 e. The SMILES string of the molecule is O=S(=O)(Cl)c1nc(-c2cccc3ncccc23)n[nH]1. The minimum absolute atomic E-state index is 0.262. The van der Waals surface area contributed by atoms with Crippen molar-refractivity contribution in [3.05, 3.63) is 36.5 Å². The quantitative estimate of drug-likeness (QED) is 0.730. The van der Waals surface area contributed by atoms with Gasteiger partial charge in [-0.3, -0.25) is 4.98 Å². The lowest BCUT2D eigenvalue weighted by Crippen LogP contribution is -1.93. The molecular formula is C11H7ClN4O2S. The number of aromatic amines is 1. The second-order valence-electron chi connectivity index (χ2n) is 3.78. The van der Waals surface area contributed by atoms with E-state index in [1.54, 1.807) is 24.4 Å². The average molecular weight is 295 g/mol. The van der Waals surface area contributed by atoms with E-state index in [-0.39, 0.29) is 11.0 Å². The largest absolute Gasteiger partial charge is 0.296 e. The van der Waals surface area contributed by atoms with Gasteiger partial charge in [-0.1, -0.05) is 18.2 Å². The summed E-state index contributed by atoms with van der Waals surface area (Å²) < 4.78 is 22.3. The van der Waals surface area contributed by atoms with Crippen LogP contribution in [0.5, 0.6) is 0 Å². The lowest BCUT2D eigenvalue weighted by Gasteiger charge is -2.01. The van der Waals surface area contributed by atoms with Crippen LogP contribution in [0.15, 0.2) is 41.7 Å². The molecule has 0 saturated heterocycles. The van der Waals surface area contributed by atoms with E-state index in [2.05, 4.69) is 20.2 Å². The van der Waals surface area contributed by atoms with E-state index in [0.717, 1.165) is 10.9 Å². The molecule has 0 bridgehead atoms. The fraction of sp³-hybridized carbons (Fsp3) is 0. The van der Waals surface area contributed by atoms with Gasteiger partial charge in [0.2, 0.25) is 0 Å². The Bertz CT molecular complexity index is 855. The lowest BCUT2D eigenvalue weighted by atomic mass is 10.1. The van der Waals surface area contributed by atoms with E-state index in [0.29, 0.717) is 5.56 Å². The average Bonchev–Trinajstić information content (AvgIpc) is 2.87. The highest BCUT2D eigenvalue weighted by atomic mass is 35.7. The zero-order valence-electron chi connectivity index (χ0n) is 9.41. The molecule has 19 heavy (non-hydrogen) atoms. The molecule has 1 N–H and O–H groups in total. The van der Waals surface area contributed by atoms with Gasteiger partial charge in [-0.25, -0.2) is 13.5 Å². The Morgan fingerprint density at radius 2 is 2.00 bits per heavy atom. The van der Waals surface area contributed by atoms with Crippen molar-refractivity contribution in [1.82, 2.24) is 20.2 Å². The molecule has 2 aromatic heterocycles. The molecule has 3 aromatic rings. The number of hydrogen-bond acceptors (Lipinski definition) is 5. The van der Waals surface area contributed by atoms with E-state index in [4.69, 9.17) is 10.7 Å². The monoisotopic (exact) mass is 294 g/mol. The molecule has 0 radical (unpaired) electrons. The molecule has 2 heterocycles. The van der Waals surface area contributed by atoms with Crippen molar-refractivity contribution in [2.24, 2.45) is 0 Å². The summed E-state index contributed by atoms with van der Waals surface area (Å²) in [6.45, 7) is 0. The van der Waals surface area contributed by atoms with Gasteiger partial charge in [0.25, 0.3) is 14.2 Å². The fourth-order valence-corrected chi connectivity index (χ4v) is 2.33. The summed E-state index contributed by atoms with van der Waals surface area (Å²) >= 11 is 0. The zero-order valence-corrected chi connectivity index (χ0v) is 11.0. The number of benzene rings is 1. The molecule has 0 aliphatic rings. The molecule has 0 fully saturated rings. The molecule has 0 aliphatic carbocycles. The van der Waals surface area contributed by atoms with E-state index in [1.165, 1.54) is 0 Å². The molecule has 0 saturated carbocycles. The number of nitrogens with one attached hydrogen (secondary N) is 1. The van der Waals surface area contributed by atoms with Gasteiger partial charge in [-0.2, -0.15) is 10.1 Å². The number of aromatic nitrogens is 4. The molecule has 1 aromatic carbocycles. The molecule has 0 amide bonds. The molecule has 3 rings (SSSR count). The highest BCUT2D eigenvalue weighted by Gasteiger charge is 2.17. The molecular weight excluding hydrogens is 288 g/mol. The highest BCUT2D eigenvalue weighted by molar-refractivity contribution is 8.13. The van der Waals surface area contributed by atoms with Crippen molar-refractivity contribution >= 4 is 30.6 Å². The van der Waals surface area contributed by atoms with Gasteiger partial charge in [-0.15, -0.1) is 0 Å². The van der Waals surface area contributed by atoms with Crippen LogP contribution in [0.25, 0.3) is 22.3 Å². The number of halogens is 1. The molecule has 0 unspecified atom stereocenters. The number of fused-ring (bicyclic) bond motifs is 1. The van der Waals surface area contributed by atoms with E-state index in [1.807, 2.05) is 12.1 Å². The van der Waals surface area contributed by atoms with E-state index < -0.39 is 9.05 Å². The Labute approximate surface area is 112 Å². The predicted molar refractivity (Wildman–Crippen MR) is 70.2 cm³/mol. The second-order valence-corrected chi connectivity index (χ2v) is 6.26. The first kappa shape index (κ1) is 12.1. The van der Waals surface area contributed by atoms with Gasteiger partial charge >= 0.3 is 0 Å². The Kier molecular flexibility index (Phi) is 2.72. The molecule has 0 atom stereocenters. The maximum atomic E-state index is 11.2. The first-order valence-electron chi connectivity index (χ1n) is 5.27. The summed E-state index contributed by atoms with van der Waals surface area (Å²) in [7, 11) is 1.29. The third-order valence-electron chi connectivity index (χ3n) is 2.58. The minimum atomic E-state index is -3.92. The number of pyridine rings is 1. The third-order valence-corrected chi connectivity index (χ3v) is 3.67. The van der Waals surface area contributed by atoms with Crippen LogP contribution in [0.4, 0.5) is 0 Å². The van der Waals surface area contributed by atoms with Gasteiger partial charge in [0.15, 0.2) is 5.82 Å². The van der Waals surface area contributed by atoms with Crippen molar-refractivity contribution in [3.8, 4) is 11.4 Å². The lowest BCUT2D eigenvalue weighted by molar-refractivity contribution is 0.602. The van der Waals surface area contributed by atoms with E-state index in [9.17, 15) is 8.42 Å². The van der Waals surface area contributed by atoms with Gasteiger partial charge in [0.1, 0.15) is 0 Å². The van der Waals surface area contributed by atoms with Crippen molar-refractivity contribution < 1.29 is 8.42 Å². The predicted octanol–water partition coefficient (Wildman–Crippen LogP) is 1.95. The van der Waals surface area contributed by atoms with Crippen LogP contribution in [-0.2, 0) is 9.05 Å². The topological polar surface area (TPSA) is 88.6 Å². The third kappa shape index (κ3) is 2.18. The second kappa shape index (κ2) is 4.29. The summed E-state index contributed by atoms with van der Waals surface area (Å²) in [5.41, 5.74) is 1.47. The van der Waals surface area contributed by atoms with Crippen molar-refractivity contribution in [2.75, 3.05) is 0 Å². The highest BCUT2D eigenvalue weighted by Crippen LogP contribution is 2.25. The van der Waals surface area contributed by atoms with Crippen LogP contribution in [-0.4, -0.2) is 28.6 Å². The summed E-state index contributed by atoms with van der Waals surface area (Å²) in [5, 5.41) is 6.65. The summed E-state index contributed by atoms with van der Waals surface area (Å²) in [4.78, 5) is 8.10. The maximum Gasteiger partial charge on any atom is 0.296 e. The van der Waals surface area contributed by atoms with Gasteiger partial charge < -0.3 is 0 Å². The van der Waals surface area contributed by atoms with Crippen LogP contribution in [0.1, 0.15) is 0 Å². The number of nitrogens with zero attached hydrogens (tertiary/aromatic N) is 3. The normalized spacial score (nSPS) is 11.8.